The Bertz CT molecular complexity index is 146. The fraction of sp³-hybridized carbons (Fsp3) is 1.00. The molecule has 2 fully saturated rings. The van der Waals surface area contributed by atoms with E-state index < -0.39 is 0 Å². The van der Waals surface area contributed by atoms with Gasteiger partial charge in [-0.15, -0.1) is 0 Å². The van der Waals surface area contributed by atoms with Crippen molar-refractivity contribution in [2.75, 3.05) is 19.3 Å². The molecule has 2 heteroatoms. The average molecular weight is 199 g/mol. The molecule has 0 N–H and O–H groups in total. The Labute approximate surface area is 86.3 Å². The van der Waals surface area contributed by atoms with Crippen molar-refractivity contribution in [1.82, 2.24) is 4.90 Å². The lowest BCUT2D eigenvalue weighted by molar-refractivity contribution is 0.114. The highest BCUT2D eigenvalue weighted by molar-refractivity contribution is 7.99. The van der Waals surface area contributed by atoms with Gasteiger partial charge in [0.05, 0.1) is 0 Å². The van der Waals surface area contributed by atoms with Crippen LogP contribution < -0.4 is 0 Å². The van der Waals surface area contributed by atoms with Crippen LogP contribution in [0.15, 0.2) is 0 Å². The topological polar surface area (TPSA) is 3.24 Å². The molecule has 1 aliphatic heterocycles. The normalized spacial score (nSPS) is 28.4. The summed E-state index contributed by atoms with van der Waals surface area (Å²) in [7, 11) is 0. The largest absolute Gasteiger partial charge is 0.298 e. The van der Waals surface area contributed by atoms with Crippen LogP contribution in [0.5, 0.6) is 0 Å². The lowest BCUT2D eigenvalue weighted by Gasteiger charge is -2.43. The first-order valence-corrected chi connectivity index (χ1v) is 6.96. The summed E-state index contributed by atoms with van der Waals surface area (Å²) in [4.78, 5) is 2.71. The third-order valence-electron chi connectivity index (χ3n) is 3.55. The van der Waals surface area contributed by atoms with Crippen molar-refractivity contribution in [3.63, 3.8) is 0 Å². The molecule has 0 atom stereocenters. The molecule has 1 aliphatic carbocycles. The second-order valence-corrected chi connectivity index (χ2v) is 5.60. The molecule has 0 bridgehead atoms. The predicted octanol–water partition coefficient (Wildman–Crippen LogP) is 2.76. The summed E-state index contributed by atoms with van der Waals surface area (Å²) in [6, 6.07) is 0.950. The van der Waals surface area contributed by atoms with Gasteiger partial charge in [0, 0.05) is 24.4 Å². The molecular weight excluding hydrogens is 178 g/mol. The van der Waals surface area contributed by atoms with Crippen molar-refractivity contribution >= 4 is 11.8 Å². The molecule has 2 aliphatic rings. The highest BCUT2D eigenvalue weighted by Crippen LogP contribution is 2.28. The molecule has 1 heterocycles. The van der Waals surface area contributed by atoms with E-state index in [9.17, 15) is 0 Å². The zero-order valence-electron chi connectivity index (χ0n) is 8.67. The molecule has 1 saturated carbocycles. The first-order valence-electron chi connectivity index (χ1n) is 5.67. The number of thioether (sulfide) groups is 1. The summed E-state index contributed by atoms with van der Waals surface area (Å²) in [5.74, 6) is 0. The number of hydrogen-bond donors (Lipinski definition) is 0. The van der Waals surface area contributed by atoms with Crippen LogP contribution in [0.4, 0.5) is 0 Å². The van der Waals surface area contributed by atoms with Crippen LogP contribution >= 0.6 is 11.8 Å². The van der Waals surface area contributed by atoms with Crippen LogP contribution in [-0.2, 0) is 0 Å². The number of hydrogen-bond acceptors (Lipinski definition) is 2. The molecule has 1 nitrogen and oxygen atoms in total. The zero-order chi connectivity index (χ0) is 9.10. The van der Waals surface area contributed by atoms with Gasteiger partial charge in [-0.05, 0) is 19.1 Å². The van der Waals surface area contributed by atoms with E-state index in [1.165, 1.54) is 51.6 Å². The van der Waals surface area contributed by atoms with Gasteiger partial charge in [0.15, 0.2) is 0 Å². The lowest BCUT2D eigenvalue weighted by atomic mass is 10.0. The highest BCUT2D eigenvalue weighted by atomic mass is 32.2. The van der Waals surface area contributed by atoms with Gasteiger partial charge in [0.25, 0.3) is 0 Å². The van der Waals surface area contributed by atoms with Crippen molar-refractivity contribution in [2.45, 2.75) is 49.8 Å². The summed E-state index contributed by atoms with van der Waals surface area (Å²) in [6.45, 7) is 2.73. The van der Waals surface area contributed by atoms with Crippen LogP contribution in [0, 0.1) is 0 Å². The van der Waals surface area contributed by atoms with Crippen LogP contribution in [0.1, 0.15) is 38.5 Å². The predicted molar refractivity (Wildman–Crippen MR) is 60.4 cm³/mol. The average Bonchev–Trinajstić information content (AvgIpc) is 2.31. The quantitative estimate of drug-likeness (QED) is 0.629. The molecule has 1 saturated heterocycles. The first-order chi connectivity index (χ1) is 6.40. The minimum Gasteiger partial charge on any atom is -0.298 e. The first kappa shape index (κ1) is 9.85. The molecule has 0 aromatic heterocycles. The maximum atomic E-state index is 2.71. The van der Waals surface area contributed by atoms with E-state index in [4.69, 9.17) is 0 Å². The Hall–Kier alpha value is 0.310. The maximum absolute atomic E-state index is 2.71. The van der Waals surface area contributed by atoms with Crippen LogP contribution in [0.3, 0.4) is 0 Å². The molecule has 0 amide bonds. The Morgan fingerprint density at radius 1 is 1.00 bits per heavy atom. The molecule has 76 valence electrons. The van der Waals surface area contributed by atoms with Crippen molar-refractivity contribution in [2.24, 2.45) is 0 Å². The van der Waals surface area contributed by atoms with Gasteiger partial charge in [-0.25, -0.2) is 0 Å². The number of likely N-dealkylation sites (tertiary alicyclic amines) is 1. The smallest absolute Gasteiger partial charge is 0.0299 e. The summed E-state index contributed by atoms with van der Waals surface area (Å²) in [5.41, 5.74) is 0. The Balaban J connectivity index is 1.74. The van der Waals surface area contributed by atoms with Crippen molar-refractivity contribution in [3.8, 4) is 0 Å². The summed E-state index contributed by atoms with van der Waals surface area (Å²) >= 11 is 2.04. The fourth-order valence-corrected chi connectivity index (χ4v) is 3.22. The molecule has 2 rings (SSSR count). The Morgan fingerprint density at radius 2 is 1.62 bits per heavy atom. The van der Waals surface area contributed by atoms with E-state index in [-0.39, 0.29) is 0 Å². The lowest BCUT2D eigenvalue weighted by Crippen LogP contribution is -2.53. The Kier molecular flexibility index (Phi) is 3.56. The van der Waals surface area contributed by atoms with Gasteiger partial charge in [0.2, 0.25) is 0 Å². The standard InChI is InChI=1S/C11H21NS/c1-13-11-8-12(9-11)10-6-4-2-3-5-7-10/h10-11H,2-9H2,1H3. The van der Waals surface area contributed by atoms with Gasteiger partial charge in [-0.3, -0.25) is 4.90 Å². The second-order valence-electron chi connectivity index (χ2n) is 4.46. The minimum atomic E-state index is 0.947. The van der Waals surface area contributed by atoms with Gasteiger partial charge < -0.3 is 0 Å². The Morgan fingerprint density at radius 3 is 2.15 bits per heavy atom. The molecule has 0 spiro atoms. The molecule has 0 aromatic rings. The molecular formula is C11H21NS. The highest BCUT2D eigenvalue weighted by Gasteiger charge is 2.31. The van der Waals surface area contributed by atoms with Crippen molar-refractivity contribution < 1.29 is 0 Å². The van der Waals surface area contributed by atoms with E-state index in [2.05, 4.69) is 11.2 Å². The van der Waals surface area contributed by atoms with Gasteiger partial charge >= 0.3 is 0 Å². The zero-order valence-corrected chi connectivity index (χ0v) is 9.48. The third kappa shape index (κ3) is 2.41. The van der Waals surface area contributed by atoms with E-state index in [0.29, 0.717) is 0 Å². The monoisotopic (exact) mass is 199 g/mol. The third-order valence-corrected chi connectivity index (χ3v) is 4.52. The fourth-order valence-electron chi connectivity index (χ4n) is 2.54. The van der Waals surface area contributed by atoms with E-state index >= 15 is 0 Å². The maximum Gasteiger partial charge on any atom is 0.0299 e. The number of nitrogens with zero attached hydrogens (tertiary/aromatic N) is 1. The van der Waals surface area contributed by atoms with Gasteiger partial charge in [-0.1, -0.05) is 25.7 Å². The summed E-state index contributed by atoms with van der Waals surface area (Å²) in [6.07, 6.45) is 11.1. The van der Waals surface area contributed by atoms with E-state index in [0.717, 1.165) is 11.3 Å². The SMILES string of the molecule is CSC1CN(C2CCCCCC2)C1. The minimum absolute atomic E-state index is 0.947. The molecule has 13 heavy (non-hydrogen) atoms. The van der Waals surface area contributed by atoms with E-state index in [1.54, 1.807) is 0 Å². The van der Waals surface area contributed by atoms with Crippen molar-refractivity contribution in [1.29, 1.82) is 0 Å². The van der Waals surface area contributed by atoms with Crippen LogP contribution in [-0.4, -0.2) is 35.5 Å². The molecule has 0 radical (unpaired) electrons. The van der Waals surface area contributed by atoms with Crippen LogP contribution in [0.25, 0.3) is 0 Å². The van der Waals surface area contributed by atoms with Crippen LogP contribution in [0.2, 0.25) is 0 Å². The number of rotatable bonds is 2. The van der Waals surface area contributed by atoms with Crippen molar-refractivity contribution in [3.05, 3.63) is 0 Å². The van der Waals surface area contributed by atoms with Gasteiger partial charge in [0.1, 0.15) is 0 Å². The second kappa shape index (κ2) is 4.70. The van der Waals surface area contributed by atoms with Gasteiger partial charge in [-0.2, -0.15) is 11.8 Å². The summed E-state index contributed by atoms with van der Waals surface area (Å²) < 4.78 is 0. The van der Waals surface area contributed by atoms with E-state index in [1.807, 2.05) is 11.8 Å². The molecule has 0 unspecified atom stereocenters. The summed E-state index contributed by atoms with van der Waals surface area (Å²) in [5, 5.41) is 0.947. The molecule has 0 aromatic carbocycles.